The molecule has 0 aliphatic carbocycles. The summed E-state index contributed by atoms with van der Waals surface area (Å²) < 4.78 is 52.4. The number of benzene rings is 3. The van der Waals surface area contributed by atoms with Gasteiger partial charge in [-0.15, -0.1) is 0 Å². The second kappa shape index (κ2) is 10.5. The van der Waals surface area contributed by atoms with Gasteiger partial charge in [0.05, 0.1) is 12.7 Å². The maximum atomic E-state index is 13.7. The average Bonchev–Trinajstić information content (AvgIpc) is 2.85. The van der Waals surface area contributed by atoms with E-state index in [9.17, 15) is 18.0 Å². The summed E-state index contributed by atoms with van der Waals surface area (Å²) in [5.41, 5.74) is 3.90. The fraction of sp³-hybridized carbons (Fsp3) is 0.367. The third-order valence-corrected chi connectivity index (χ3v) is 7.05. The summed E-state index contributed by atoms with van der Waals surface area (Å²) in [5, 5.41) is 0. The zero-order valence-corrected chi connectivity index (χ0v) is 21.7. The first-order valence-corrected chi connectivity index (χ1v) is 12.4. The number of rotatable bonds is 6. The van der Waals surface area contributed by atoms with Crippen molar-refractivity contribution < 1.29 is 27.4 Å². The van der Waals surface area contributed by atoms with E-state index in [-0.39, 0.29) is 18.5 Å². The third kappa shape index (κ3) is 5.60. The van der Waals surface area contributed by atoms with Crippen LogP contribution in [0, 0.1) is 6.92 Å². The fourth-order valence-electron chi connectivity index (χ4n) is 4.86. The zero-order chi connectivity index (χ0) is 26.9. The van der Waals surface area contributed by atoms with Gasteiger partial charge in [0.1, 0.15) is 11.9 Å². The van der Waals surface area contributed by atoms with Crippen molar-refractivity contribution in [3.8, 4) is 16.9 Å². The van der Waals surface area contributed by atoms with Crippen molar-refractivity contribution in [3.05, 3.63) is 88.5 Å². The molecule has 0 saturated carbocycles. The Labute approximate surface area is 216 Å². The van der Waals surface area contributed by atoms with Crippen LogP contribution in [0.2, 0.25) is 0 Å². The minimum absolute atomic E-state index is 0.0190. The van der Waals surface area contributed by atoms with Crippen LogP contribution in [0.25, 0.3) is 11.1 Å². The number of aryl methyl sites for hydroxylation is 1. The van der Waals surface area contributed by atoms with E-state index in [2.05, 4.69) is 13.8 Å². The van der Waals surface area contributed by atoms with Crippen LogP contribution in [0.15, 0.2) is 60.7 Å². The highest BCUT2D eigenvalue weighted by Gasteiger charge is 2.36. The monoisotopic (exact) mass is 511 g/mol. The van der Waals surface area contributed by atoms with E-state index in [1.165, 1.54) is 18.1 Å². The molecule has 1 saturated heterocycles. The maximum Gasteiger partial charge on any atom is 0.416 e. The zero-order valence-electron chi connectivity index (χ0n) is 21.7. The predicted molar refractivity (Wildman–Crippen MR) is 138 cm³/mol. The third-order valence-electron chi connectivity index (χ3n) is 7.05. The quantitative estimate of drug-likeness (QED) is 0.334. The smallest absolute Gasteiger partial charge is 0.416 e. The van der Waals surface area contributed by atoms with Gasteiger partial charge in [-0.1, -0.05) is 50.2 Å². The van der Waals surface area contributed by atoms with Gasteiger partial charge in [-0.2, -0.15) is 13.2 Å². The van der Waals surface area contributed by atoms with Crippen molar-refractivity contribution in [2.24, 2.45) is 0 Å². The molecule has 7 heteroatoms. The molecule has 4 rings (SSSR count). The van der Waals surface area contributed by atoms with Gasteiger partial charge in [0, 0.05) is 24.6 Å². The molecule has 0 bridgehead atoms. The Hall–Kier alpha value is -3.48. The molecule has 4 nitrogen and oxygen atoms in total. The van der Waals surface area contributed by atoms with Gasteiger partial charge in [0.15, 0.2) is 0 Å². The molecular weight excluding hydrogens is 479 g/mol. The number of nitrogens with zero attached hydrogens (tertiary/aromatic N) is 1. The summed E-state index contributed by atoms with van der Waals surface area (Å²) in [4.78, 5) is 14.7. The standard InChI is InChI=1S/C30H32F3NO3/c1-18(2)21-10-13-27(36-5)26(16-21)25-12-11-23(30(31,32)33)15-22(25)17-34-20(4)14-28(37-29(34)35)24-9-7-6-8-19(24)3/h6-13,15-16,18,20,28H,14,17H2,1-5H3/t20-,28-/m1/s1. The van der Waals surface area contributed by atoms with Crippen molar-refractivity contribution >= 4 is 6.09 Å². The molecular formula is C30H32F3NO3. The lowest BCUT2D eigenvalue weighted by Crippen LogP contribution is -2.44. The highest BCUT2D eigenvalue weighted by atomic mass is 19.4. The van der Waals surface area contributed by atoms with E-state index in [4.69, 9.17) is 9.47 Å². The first-order valence-electron chi connectivity index (χ1n) is 12.4. The molecule has 1 heterocycles. The molecule has 0 unspecified atom stereocenters. The topological polar surface area (TPSA) is 38.8 Å². The number of carbonyl (C=O) groups excluding carboxylic acids is 1. The number of hydrogen-bond acceptors (Lipinski definition) is 3. The van der Waals surface area contributed by atoms with Crippen LogP contribution in [0.1, 0.15) is 67.0 Å². The van der Waals surface area contributed by atoms with E-state index in [1.54, 1.807) is 0 Å². The molecule has 1 amide bonds. The molecule has 0 radical (unpaired) electrons. The maximum absolute atomic E-state index is 13.7. The highest BCUT2D eigenvalue weighted by Crippen LogP contribution is 2.40. The molecule has 1 aliphatic heterocycles. The largest absolute Gasteiger partial charge is 0.496 e. The summed E-state index contributed by atoms with van der Waals surface area (Å²) in [6.45, 7) is 7.95. The molecule has 0 spiro atoms. The van der Waals surface area contributed by atoms with Crippen molar-refractivity contribution in [3.63, 3.8) is 0 Å². The Morgan fingerprint density at radius 3 is 2.41 bits per heavy atom. The number of halogens is 3. The fourth-order valence-corrected chi connectivity index (χ4v) is 4.86. The van der Waals surface area contributed by atoms with E-state index in [0.717, 1.165) is 28.8 Å². The molecule has 1 fully saturated rings. The second-order valence-electron chi connectivity index (χ2n) is 9.93. The lowest BCUT2D eigenvalue weighted by Gasteiger charge is -2.38. The Balaban J connectivity index is 1.73. The summed E-state index contributed by atoms with van der Waals surface area (Å²) in [7, 11) is 1.54. The second-order valence-corrected chi connectivity index (χ2v) is 9.93. The minimum Gasteiger partial charge on any atom is -0.496 e. The van der Waals surface area contributed by atoms with Crippen LogP contribution in [0.3, 0.4) is 0 Å². The number of cyclic esters (lactones) is 1. The molecule has 1 aliphatic rings. The van der Waals surface area contributed by atoms with Crippen LogP contribution in [-0.4, -0.2) is 24.1 Å². The van der Waals surface area contributed by atoms with Crippen LogP contribution >= 0.6 is 0 Å². The van der Waals surface area contributed by atoms with Crippen molar-refractivity contribution in [2.45, 2.75) is 64.9 Å². The SMILES string of the molecule is COc1ccc(C(C)C)cc1-c1ccc(C(F)(F)F)cc1CN1C(=O)O[C@@H](c2ccccc2C)C[C@H]1C. The van der Waals surface area contributed by atoms with Crippen LogP contribution in [-0.2, 0) is 17.5 Å². The number of alkyl halides is 3. The lowest BCUT2D eigenvalue weighted by atomic mass is 9.92. The molecule has 0 N–H and O–H groups in total. The Bertz CT molecular complexity index is 1290. The first-order chi connectivity index (χ1) is 17.5. The molecule has 37 heavy (non-hydrogen) atoms. The molecule has 0 aromatic heterocycles. The van der Waals surface area contributed by atoms with Gasteiger partial charge in [0.2, 0.25) is 0 Å². The van der Waals surface area contributed by atoms with E-state index in [0.29, 0.717) is 28.9 Å². The molecule has 3 aromatic rings. The van der Waals surface area contributed by atoms with Gasteiger partial charge in [-0.05, 0) is 71.8 Å². The van der Waals surface area contributed by atoms with Gasteiger partial charge in [-0.25, -0.2) is 4.79 Å². The molecule has 196 valence electrons. The van der Waals surface area contributed by atoms with Crippen molar-refractivity contribution in [2.75, 3.05) is 7.11 Å². The summed E-state index contributed by atoms with van der Waals surface area (Å²) in [5.74, 6) is 0.775. The molecule has 3 aromatic carbocycles. The van der Waals surface area contributed by atoms with E-state index in [1.807, 2.05) is 56.3 Å². The summed E-state index contributed by atoms with van der Waals surface area (Å²) in [6.07, 6.45) is -4.92. The summed E-state index contributed by atoms with van der Waals surface area (Å²) in [6, 6.07) is 16.9. The lowest BCUT2D eigenvalue weighted by molar-refractivity contribution is -0.137. The van der Waals surface area contributed by atoms with Crippen molar-refractivity contribution in [1.29, 1.82) is 0 Å². The van der Waals surface area contributed by atoms with Gasteiger partial charge < -0.3 is 14.4 Å². The van der Waals surface area contributed by atoms with Crippen LogP contribution in [0.5, 0.6) is 5.75 Å². The number of hydrogen-bond donors (Lipinski definition) is 0. The van der Waals surface area contributed by atoms with Crippen LogP contribution in [0.4, 0.5) is 18.0 Å². The van der Waals surface area contributed by atoms with Gasteiger partial charge in [0.25, 0.3) is 0 Å². The summed E-state index contributed by atoms with van der Waals surface area (Å²) >= 11 is 0. The normalized spacial score (nSPS) is 18.2. The van der Waals surface area contributed by atoms with E-state index >= 15 is 0 Å². The first kappa shape index (κ1) is 26.6. The Morgan fingerprint density at radius 1 is 1.05 bits per heavy atom. The number of ether oxygens (including phenoxy) is 2. The Morgan fingerprint density at radius 2 is 1.78 bits per heavy atom. The van der Waals surface area contributed by atoms with Gasteiger partial charge in [-0.3, -0.25) is 0 Å². The van der Waals surface area contributed by atoms with Gasteiger partial charge >= 0.3 is 12.3 Å². The number of carbonyl (C=O) groups is 1. The number of amides is 1. The predicted octanol–water partition coefficient (Wildman–Crippen LogP) is 8.28. The van der Waals surface area contributed by atoms with Crippen molar-refractivity contribution in [1.82, 2.24) is 4.90 Å². The van der Waals surface area contributed by atoms with E-state index < -0.39 is 23.9 Å². The van der Waals surface area contributed by atoms with Crippen LogP contribution < -0.4 is 4.74 Å². The number of methoxy groups -OCH3 is 1. The highest BCUT2D eigenvalue weighted by molar-refractivity contribution is 5.76. The molecule has 2 atom stereocenters. The minimum atomic E-state index is -4.51. The Kier molecular flexibility index (Phi) is 7.53. The average molecular weight is 512 g/mol.